The van der Waals surface area contributed by atoms with E-state index in [1.165, 1.54) is 25.2 Å². The molecule has 8 heteroatoms. The van der Waals surface area contributed by atoms with Crippen LogP contribution in [0.2, 0.25) is 5.02 Å². The molecular weight excluding hydrogens is 344 g/mol. The van der Waals surface area contributed by atoms with Gasteiger partial charge in [0.1, 0.15) is 17.2 Å². The van der Waals surface area contributed by atoms with E-state index in [1.54, 1.807) is 23.0 Å². The number of halogens is 1. The Morgan fingerprint density at radius 2 is 2.04 bits per heavy atom. The minimum atomic E-state index is -0.304. The molecule has 1 amide bonds. The number of carbonyl (C=O) groups excluding carboxylic acids is 1. The highest BCUT2D eigenvalue weighted by molar-refractivity contribution is 6.32. The number of anilines is 1. The molecule has 25 heavy (non-hydrogen) atoms. The van der Waals surface area contributed by atoms with Crippen molar-refractivity contribution >= 4 is 23.2 Å². The van der Waals surface area contributed by atoms with Crippen molar-refractivity contribution in [1.29, 1.82) is 0 Å². The van der Waals surface area contributed by atoms with Crippen LogP contribution in [0.3, 0.4) is 0 Å². The van der Waals surface area contributed by atoms with Gasteiger partial charge in [-0.25, -0.2) is 4.68 Å². The molecule has 0 radical (unpaired) electrons. The van der Waals surface area contributed by atoms with Gasteiger partial charge in [0.05, 0.1) is 37.7 Å². The summed E-state index contributed by atoms with van der Waals surface area (Å²) in [5.74, 6) is 0.573. The van der Waals surface area contributed by atoms with E-state index >= 15 is 0 Å². The topological polar surface area (TPSA) is 69.5 Å². The predicted octanol–water partition coefficient (Wildman–Crippen LogP) is 3.25. The molecule has 0 saturated carbocycles. The summed E-state index contributed by atoms with van der Waals surface area (Å²) in [6.07, 6.45) is 3.03. The normalized spacial score (nSPS) is 10.6. The first-order valence-electron chi connectivity index (χ1n) is 7.67. The highest BCUT2D eigenvalue weighted by atomic mass is 35.5. The number of nitrogens with zero attached hydrogens (tertiary/aromatic N) is 4. The standard InChI is InChI=1S/C17H21ClN4O3/c1-6-17(23)21(9-12-10-22(11(2)3)20-19-12)14-8-15(24-4)13(18)7-16(14)25-5/h6-8,10-11H,1,9H2,2-5H3. The van der Waals surface area contributed by atoms with Crippen molar-refractivity contribution in [3.63, 3.8) is 0 Å². The summed E-state index contributed by atoms with van der Waals surface area (Å²) >= 11 is 6.14. The molecule has 2 rings (SSSR count). The Balaban J connectivity index is 2.46. The molecule has 0 aliphatic rings. The molecule has 0 aliphatic heterocycles. The van der Waals surface area contributed by atoms with Crippen molar-refractivity contribution in [2.24, 2.45) is 0 Å². The first kappa shape index (κ1) is 18.8. The lowest BCUT2D eigenvalue weighted by molar-refractivity contribution is -0.114. The van der Waals surface area contributed by atoms with Crippen molar-refractivity contribution in [3.05, 3.63) is 41.7 Å². The van der Waals surface area contributed by atoms with Gasteiger partial charge < -0.3 is 9.47 Å². The van der Waals surface area contributed by atoms with Crippen LogP contribution >= 0.6 is 11.6 Å². The quantitative estimate of drug-likeness (QED) is 0.705. The van der Waals surface area contributed by atoms with E-state index < -0.39 is 0 Å². The third-order valence-electron chi connectivity index (χ3n) is 3.59. The summed E-state index contributed by atoms with van der Waals surface area (Å²) in [5.41, 5.74) is 1.15. The fraction of sp³-hybridized carbons (Fsp3) is 0.353. The van der Waals surface area contributed by atoms with Crippen molar-refractivity contribution in [2.75, 3.05) is 19.1 Å². The first-order valence-corrected chi connectivity index (χ1v) is 8.05. The van der Waals surface area contributed by atoms with Crippen LogP contribution in [0.1, 0.15) is 25.6 Å². The highest BCUT2D eigenvalue weighted by Gasteiger charge is 2.22. The number of carbonyl (C=O) groups is 1. The summed E-state index contributed by atoms with van der Waals surface area (Å²) < 4.78 is 12.4. The molecule has 0 bridgehead atoms. The average molecular weight is 365 g/mol. The summed E-state index contributed by atoms with van der Waals surface area (Å²) in [5, 5.41) is 8.57. The molecule has 1 aromatic heterocycles. The number of benzene rings is 1. The molecule has 134 valence electrons. The smallest absolute Gasteiger partial charge is 0.250 e. The van der Waals surface area contributed by atoms with Gasteiger partial charge in [-0.3, -0.25) is 9.69 Å². The SMILES string of the molecule is C=CC(=O)N(Cc1cn(C(C)C)nn1)c1cc(OC)c(Cl)cc1OC. The number of aromatic nitrogens is 3. The average Bonchev–Trinajstić information content (AvgIpc) is 3.08. The van der Waals surface area contributed by atoms with E-state index in [0.29, 0.717) is 27.9 Å². The largest absolute Gasteiger partial charge is 0.495 e. The van der Waals surface area contributed by atoms with Crippen LogP contribution in [0, 0.1) is 0 Å². The van der Waals surface area contributed by atoms with Gasteiger partial charge in [0, 0.05) is 18.2 Å². The molecule has 1 aromatic carbocycles. The maximum Gasteiger partial charge on any atom is 0.250 e. The van der Waals surface area contributed by atoms with Crippen LogP contribution in [0.15, 0.2) is 31.0 Å². The van der Waals surface area contributed by atoms with Crippen molar-refractivity contribution in [3.8, 4) is 11.5 Å². The molecule has 2 aromatic rings. The monoisotopic (exact) mass is 364 g/mol. The maximum atomic E-state index is 12.4. The second kappa shape index (κ2) is 8.02. The second-order valence-corrected chi connectivity index (χ2v) is 5.98. The number of hydrogen-bond donors (Lipinski definition) is 0. The van der Waals surface area contributed by atoms with Gasteiger partial charge in [0.15, 0.2) is 0 Å². The van der Waals surface area contributed by atoms with Crippen LogP contribution in [0.25, 0.3) is 0 Å². The van der Waals surface area contributed by atoms with Crippen molar-refractivity contribution in [1.82, 2.24) is 15.0 Å². The van der Waals surface area contributed by atoms with Crippen molar-refractivity contribution < 1.29 is 14.3 Å². The molecule has 0 spiro atoms. The number of hydrogen-bond acceptors (Lipinski definition) is 5. The van der Waals surface area contributed by atoms with E-state index in [4.69, 9.17) is 21.1 Å². The molecule has 0 fully saturated rings. The van der Waals surface area contributed by atoms with Gasteiger partial charge in [-0.1, -0.05) is 23.4 Å². The predicted molar refractivity (Wildman–Crippen MR) is 96.4 cm³/mol. The van der Waals surface area contributed by atoms with Crippen molar-refractivity contribution in [2.45, 2.75) is 26.4 Å². The lowest BCUT2D eigenvalue weighted by atomic mass is 10.2. The van der Waals surface area contributed by atoms with Gasteiger partial charge in [0.2, 0.25) is 0 Å². The number of ether oxygens (including phenoxy) is 2. The van der Waals surface area contributed by atoms with Gasteiger partial charge in [-0.15, -0.1) is 5.10 Å². The zero-order chi connectivity index (χ0) is 18.6. The van der Waals surface area contributed by atoms with Crippen LogP contribution < -0.4 is 14.4 Å². The van der Waals surface area contributed by atoms with Crippen LogP contribution in [0.5, 0.6) is 11.5 Å². The van der Waals surface area contributed by atoms with Gasteiger partial charge >= 0.3 is 0 Å². The molecule has 0 N–H and O–H groups in total. The van der Waals surface area contributed by atoms with E-state index in [-0.39, 0.29) is 18.5 Å². The first-order chi connectivity index (χ1) is 11.9. The Labute approximate surface area is 151 Å². The number of amides is 1. The fourth-order valence-electron chi connectivity index (χ4n) is 2.25. The van der Waals surface area contributed by atoms with Crippen LogP contribution in [-0.4, -0.2) is 35.1 Å². The second-order valence-electron chi connectivity index (χ2n) is 5.57. The highest BCUT2D eigenvalue weighted by Crippen LogP contribution is 2.38. The Morgan fingerprint density at radius 3 is 2.56 bits per heavy atom. The molecule has 0 saturated heterocycles. The van der Waals surface area contributed by atoms with Crippen LogP contribution in [-0.2, 0) is 11.3 Å². The Morgan fingerprint density at radius 1 is 1.36 bits per heavy atom. The lowest BCUT2D eigenvalue weighted by Gasteiger charge is -2.23. The Hall–Kier alpha value is -2.54. The minimum Gasteiger partial charge on any atom is -0.495 e. The third-order valence-corrected chi connectivity index (χ3v) is 3.89. The third kappa shape index (κ3) is 4.11. The van der Waals surface area contributed by atoms with E-state index in [2.05, 4.69) is 16.9 Å². The van der Waals surface area contributed by atoms with Gasteiger partial charge in [0.25, 0.3) is 5.91 Å². The molecule has 1 heterocycles. The minimum absolute atomic E-state index is 0.176. The number of rotatable bonds is 7. The summed E-state index contributed by atoms with van der Waals surface area (Å²) in [6, 6.07) is 3.43. The van der Waals surface area contributed by atoms with Crippen LogP contribution in [0.4, 0.5) is 5.69 Å². The van der Waals surface area contributed by atoms with Gasteiger partial charge in [-0.2, -0.15) is 0 Å². The summed E-state index contributed by atoms with van der Waals surface area (Å²) in [7, 11) is 3.01. The van der Waals surface area contributed by atoms with Gasteiger partial charge in [-0.05, 0) is 19.9 Å². The lowest BCUT2D eigenvalue weighted by Crippen LogP contribution is -2.29. The molecular formula is C17H21ClN4O3. The van der Waals surface area contributed by atoms with E-state index in [9.17, 15) is 4.79 Å². The summed E-state index contributed by atoms with van der Waals surface area (Å²) in [4.78, 5) is 13.9. The zero-order valence-electron chi connectivity index (χ0n) is 14.7. The Kier molecular flexibility index (Phi) is 6.03. The molecule has 0 aliphatic carbocycles. The summed E-state index contributed by atoms with van der Waals surface area (Å²) in [6.45, 7) is 7.77. The van der Waals surface area contributed by atoms with E-state index in [0.717, 1.165) is 0 Å². The fourth-order valence-corrected chi connectivity index (χ4v) is 2.48. The molecule has 0 unspecified atom stereocenters. The zero-order valence-corrected chi connectivity index (χ0v) is 15.4. The molecule has 0 atom stereocenters. The Bertz CT molecular complexity index is 773. The van der Waals surface area contributed by atoms with E-state index in [1.807, 2.05) is 13.8 Å². The number of methoxy groups -OCH3 is 2. The molecule has 7 nitrogen and oxygen atoms in total. The maximum absolute atomic E-state index is 12.4.